The monoisotopic (exact) mass is 250 g/mol. The number of amides is 1. The highest BCUT2D eigenvalue weighted by molar-refractivity contribution is 5.97. The third kappa shape index (κ3) is 2.92. The van der Waals surface area contributed by atoms with Crippen molar-refractivity contribution in [1.29, 1.82) is 0 Å². The summed E-state index contributed by atoms with van der Waals surface area (Å²) in [6.45, 7) is 4.62. The number of hydrogen-bond acceptors (Lipinski definition) is 4. The summed E-state index contributed by atoms with van der Waals surface area (Å²) >= 11 is 0. The van der Waals surface area contributed by atoms with Gasteiger partial charge in [-0.05, 0) is 25.1 Å². The summed E-state index contributed by atoms with van der Waals surface area (Å²) in [5, 5.41) is 6.07. The van der Waals surface area contributed by atoms with Crippen LogP contribution in [-0.2, 0) is 0 Å². The van der Waals surface area contributed by atoms with Gasteiger partial charge in [-0.25, -0.2) is 0 Å². The standard InChI is InChI=1S/C13H18N2O3/c1-2-6-14-7-8-15-13(16)10-4-3-5-11-12(10)18-9-17-11/h3-5,14H,2,6-9H2,1H3,(H,15,16). The van der Waals surface area contributed by atoms with Crippen molar-refractivity contribution in [3.63, 3.8) is 0 Å². The van der Waals surface area contributed by atoms with Crippen LogP contribution in [0.15, 0.2) is 18.2 Å². The fraction of sp³-hybridized carbons (Fsp3) is 0.462. The largest absolute Gasteiger partial charge is 0.454 e. The van der Waals surface area contributed by atoms with E-state index in [1.165, 1.54) is 0 Å². The van der Waals surface area contributed by atoms with E-state index in [-0.39, 0.29) is 12.7 Å². The minimum absolute atomic E-state index is 0.129. The number of benzene rings is 1. The van der Waals surface area contributed by atoms with E-state index < -0.39 is 0 Å². The molecule has 5 heteroatoms. The minimum Gasteiger partial charge on any atom is -0.454 e. The van der Waals surface area contributed by atoms with Gasteiger partial charge in [0, 0.05) is 13.1 Å². The Morgan fingerprint density at radius 1 is 1.28 bits per heavy atom. The summed E-state index contributed by atoms with van der Waals surface area (Å²) in [6.07, 6.45) is 1.09. The number of hydrogen-bond donors (Lipinski definition) is 2. The quantitative estimate of drug-likeness (QED) is 0.743. The van der Waals surface area contributed by atoms with Crippen LogP contribution in [0.1, 0.15) is 23.7 Å². The van der Waals surface area contributed by atoms with Crippen LogP contribution in [0.3, 0.4) is 0 Å². The Kier molecular flexibility index (Phi) is 4.41. The number of carbonyl (C=O) groups is 1. The Bertz CT molecular complexity index is 421. The first-order chi connectivity index (χ1) is 8.83. The molecule has 0 aliphatic carbocycles. The van der Waals surface area contributed by atoms with E-state index in [9.17, 15) is 4.79 Å². The lowest BCUT2D eigenvalue weighted by molar-refractivity contribution is 0.0949. The maximum absolute atomic E-state index is 12.0. The van der Waals surface area contributed by atoms with Crippen LogP contribution in [0.4, 0.5) is 0 Å². The van der Waals surface area contributed by atoms with Gasteiger partial charge in [-0.2, -0.15) is 0 Å². The fourth-order valence-electron chi connectivity index (χ4n) is 1.77. The summed E-state index contributed by atoms with van der Waals surface area (Å²) in [6, 6.07) is 5.32. The van der Waals surface area contributed by atoms with E-state index >= 15 is 0 Å². The molecule has 1 aromatic carbocycles. The van der Waals surface area contributed by atoms with Gasteiger partial charge in [-0.15, -0.1) is 0 Å². The zero-order valence-electron chi connectivity index (χ0n) is 10.5. The second kappa shape index (κ2) is 6.26. The smallest absolute Gasteiger partial charge is 0.255 e. The van der Waals surface area contributed by atoms with E-state index in [4.69, 9.17) is 9.47 Å². The molecule has 98 valence electrons. The first kappa shape index (κ1) is 12.7. The van der Waals surface area contributed by atoms with Crippen molar-refractivity contribution in [1.82, 2.24) is 10.6 Å². The number of ether oxygens (including phenoxy) is 2. The molecule has 0 saturated carbocycles. The molecule has 2 N–H and O–H groups in total. The van der Waals surface area contributed by atoms with Gasteiger partial charge in [0.1, 0.15) is 0 Å². The summed E-state index contributed by atoms with van der Waals surface area (Å²) in [5.74, 6) is 1.04. The van der Waals surface area contributed by atoms with Gasteiger partial charge < -0.3 is 20.1 Å². The zero-order valence-corrected chi connectivity index (χ0v) is 10.5. The van der Waals surface area contributed by atoms with Gasteiger partial charge in [0.2, 0.25) is 6.79 Å². The van der Waals surface area contributed by atoms with Crippen LogP contribution in [0, 0.1) is 0 Å². The molecule has 1 aliphatic rings. The summed E-state index contributed by atoms with van der Waals surface area (Å²) < 4.78 is 10.5. The lowest BCUT2D eigenvalue weighted by Crippen LogP contribution is -2.32. The number of para-hydroxylation sites is 1. The van der Waals surface area contributed by atoms with Crippen LogP contribution >= 0.6 is 0 Å². The van der Waals surface area contributed by atoms with Gasteiger partial charge in [0.15, 0.2) is 11.5 Å². The second-order valence-corrected chi connectivity index (χ2v) is 4.05. The molecule has 0 aromatic heterocycles. The zero-order chi connectivity index (χ0) is 12.8. The molecule has 0 spiro atoms. The van der Waals surface area contributed by atoms with Gasteiger partial charge >= 0.3 is 0 Å². The minimum atomic E-state index is -0.129. The number of carbonyl (C=O) groups excluding carboxylic acids is 1. The normalized spacial score (nSPS) is 12.5. The van der Waals surface area contributed by atoms with Gasteiger partial charge in [-0.3, -0.25) is 4.79 Å². The Hall–Kier alpha value is -1.75. The molecule has 18 heavy (non-hydrogen) atoms. The molecule has 1 aliphatic heterocycles. The van der Waals surface area contributed by atoms with Gasteiger partial charge in [0.05, 0.1) is 5.56 Å². The van der Waals surface area contributed by atoms with E-state index in [0.717, 1.165) is 19.5 Å². The number of fused-ring (bicyclic) bond motifs is 1. The molecule has 0 saturated heterocycles. The molecule has 1 heterocycles. The number of nitrogens with one attached hydrogen (secondary N) is 2. The van der Waals surface area contributed by atoms with E-state index in [1.54, 1.807) is 18.2 Å². The van der Waals surface area contributed by atoms with E-state index in [0.29, 0.717) is 23.6 Å². The van der Waals surface area contributed by atoms with Crippen LogP contribution in [0.5, 0.6) is 11.5 Å². The maximum Gasteiger partial charge on any atom is 0.255 e. The third-order valence-corrected chi connectivity index (χ3v) is 2.66. The molecular formula is C13H18N2O3. The molecule has 0 bridgehead atoms. The molecule has 0 radical (unpaired) electrons. The first-order valence-electron chi connectivity index (χ1n) is 6.20. The molecule has 0 unspecified atom stereocenters. The fourth-order valence-corrected chi connectivity index (χ4v) is 1.77. The van der Waals surface area contributed by atoms with Crippen LogP contribution in [-0.4, -0.2) is 32.3 Å². The molecule has 1 aromatic rings. The average molecular weight is 250 g/mol. The van der Waals surface area contributed by atoms with E-state index in [1.807, 2.05) is 0 Å². The van der Waals surface area contributed by atoms with Crippen LogP contribution in [0.25, 0.3) is 0 Å². The molecule has 0 atom stereocenters. The topological polar surface area (TPSA) is 59.6 Å². The summed E-state index contributed by atoms with van der Waals surface area (Å²) in [4.78, 5) is 12.0. The predicted molar refractivity (Wildman–Crippen MR) is 68.1 cm³/mol. The van der Waals surface area contributed by atoms with Crippen molar-refractivity contribution in [2.24, 2.45) is 0 Å². The second-order valence-electron chi connectivity index (χ2n) is 4.05. The maximum atomic E-state index is 12.0. The Morgan fingerprint density at radius 3 is 3.00 bits per heavy atom. The summed E-state index contributed by atoms with van der Waals surface area (Å²) in [7, 11) is 0. The van der Waals surface area contributed by atoms with Crippen molar-refractivity contribution in [3.05, 3.63) is 23.8 Å². The Morgan fingerprint density at radius 2 is 2.17 bits per heavy atom. The first-order valence-corrected chi connectivity index (χ1v) is 6.20. The predicted octanol–water partition coefficient (Wildman–Crippen LogP) is 1.14. The highest BCUT2D eigenvalue weighted by atomic mass is 16.7. The molecule has 5 nitrogen and oxygen atoms in total. The van der Waals surface area contributed by atoms with E-state index in [2.05, 4.69) is 17.6 Å². The highest BCUT2D eigenvalue weighted by Crippen LogP contribution is 2.35. The van der Waals surface area contributed by atoms with Crippen LogP contribution < -0.4 is 20.1 Å². The van der Waals surface area contributed by atoms with Crippen molar-refractivity contribution in [2.75, 3.05) is 26.4 Å². The van der Waals surface area contributed by atoms with Crippen molar-refractivity contribution >= 4 is 5.91 Å². The van der Waals surface area contributed by atoms with Crippen molar-refractivity contribution < 1.29 is 14.3 Å². The average Bonchev–Trinajstić information content (AvgIpc) is 2.86. The Labute approximate surface area is 106 Å². The van der Waals surface area contributed by atoms with Crippen LogP contribution in [0.2, 0.25) is 0 Å². The lowest BCUT2D eigenvalue weighted by atomic mass is 10.1. The molecule has 0 fully saturated rings. The summed E-state index contributed by atoms with van der Waals surface area (Å²) in [5.41, 5.74) is 0.528. The van der Waals surface area contributed by atoms with Gasteiger partial charge in [-0.1, -0.05) is 13.0 Å². The van der Waals surface area contributed by atoms with Crippen molar-refractivity contribution in [3.8, 4) is 11.5 Å². The molecular weight excluding hydrogens is 232 g/mol. The SMILES string of the molecule is CCCNCCNC(=O)c1cccc2c1OCO2. The molecule has 2 rings (SSSR count). The Balaban J connectivity index is 1.88. The number of rotatable bonds is 6. The van der Waals surface area contributed by atoms with Crippen molar-refractivity contribution in [2.45, 2.75) is 13.3 Å². The lowest BCUT2D eigenvalue weighted by Gasteiger charge is -2.08. The van der Waals surface area contributed by atoms with Gasteiger partial charge in [0.25, 0.3) is 5.91 Å². The third-order valence-electron chi connectivity index (χ3n) is 2.66. The molecule has 1 amide bonds. The highest BCUT2D eigenvalue weighted by Gasteiger charge is 2.21.